The van der Waals surface area contributed by atoms with E-state index in [1.54, 1.807) is 30.3 Å². The lowest BCUT2D eigenvalue weighted by atomic mass is 9.84. The van der Waals surface area contributed by atoms with Crippen LogP contribution >= 0.6 is 11.6 Å². The number of carbonyl (C=O) groups excluding carboxylic acids is 5. The predicted molar refractivity (Wildman–Crippen MR) is 227 cm³/mol. The third-order valence-corrected chi connectivity index (χ3v) is 12.8. The van der Waals surface area contributed by atoms with Crippen molar-refractivity contribution in [3.63, 3.8) is 0 Å². The molecule has 0 saturated carbocycles. The number of aromatic nitrogens is 2. The minimum Gasteiger partial charge on any atom is -0.491 e. The van der Waals surface area contributed by atoms with Crippen molar-refractivity contribution in [3.05, 3.63) is 89.5 Å². The average molecular weight is 850 g/mol. The highest BCUT2D eigenvalue weighted by Crippen LogP contribution is 2.39. The van der Waals surface area contributed by atoms with E-state index >= 15 is 0 Å². The first-order valence-corrected chi connectivity index (χ1v) is 21.1. The summed E-state index contributed by atoms with van der Waals surface area (Å²) in [5.74, 6) is -1.35. The van der Waals surface area contributed by atoms with E-state index in [-0.39, 0.29) is 23.8 Å². The number of hydrogen-bond acceptors (Lipinski definition) is 12. The number of carbonyl (C=O) groups is 5. The van der Waals surface area contributed by atoms with E-state index in [2.05, 4.69) is 47.2 Å². The second-order valence-electron chi connectivity index (χ2n) is 16.3. The molecule has 3 aromatic carbocycles. The zero-order valence-corrected chi connectivity index (χ0v) is 34.1. The minimum absolute atomic E-state index is 0.0229. The molecule has 1 aromatic heterocycles. The standard InChI is InChI=1S/C44H45ClFN9O6/c1-2-39(56)50-36-19-32-35(47-24-48-41(32)49-26-4-7-34(46)33(45)16-26)20-38(36)61-15-3-12-52-13-10-25(11-14-52)21-54-28-17-29(54)23-53(22-28)27-5-6-30-31(18-27)44(60)55(43(30)59)37-8-9-40(57)51-42(37)58/h2,4-7,16,18-20,24-25,28-29,37H,1,3,8-15,17,21-23H2,(H,50,56)(H,47,48,49)(H,51,57,58). The van der Waals surface area contributed by atoms with Crippen molar-refractivity contribution in [2.24, 2.45) is 5.92 Å². The summed E-state index contributed by atoms with van der Waals surface area (Å²) in [6.45, 7) is 9.69. The Kier molecular flexibility index (Phi) is 11.2. The molecule has 2 bridgehead atoms. The maximum absolute atomic E-state index is 13.7. The van der Waals surface area contributed by atoms with E-state index in [1.807, 2.05) is 6.07 Å². The van der Waals surface area contributed by atoms with Crippen molar-refractivity contribution in [2.45, 2.75) is 56.7 Å². The molecule has 0 radical (unpaired) electrons. The smallest absolute Gasteiger partial charge is 0.262 e. The zero-order valence-electron chi connectivity index (χ0n) is 33.4. The van der Waals surface area contributed by atoms with Gasteiger partial charge in [0, 0.05) is 67.5 Å². The lowest BCUT2D eigenvalue weighted by Gasteiger charge is -2.58. The zero-order chi connectivity index (χ0) is 42.4. The van der Waals surface area contributed by atoms with E-state index in [9.17, 15) is 28.4 Å². The van der Waals surface area contributed by atoms with Crippen LogP contribution in [-0.4, -0.2) is 118 Å². The molecular formula is C44H45ClFN9O6. The number of anilines is 4. The second-order valence-corrected chi connectivity index (χ2v) is 16.8. The summed E-state index contributed by atoms with van der Waals surface area (Å²) in [5.41, 5.74) is 3.09. The molecule has 5 amide bonds. The van der Waals surface area contributed by atoms with Crippen molar-refractivity contribution in [2.75, 3.05) is 61.4 Å². The highest BCUT2D eigenvalue weighted by atomic mass is 35.5. The van der Waals surface area contributed by atoms with Gasteiger partial charge in [0.05, 0.1) is 34.0 Å². The number of likely N-dealkylation sites (tertiary alicyclic amines) is 1. The van der Waals surface area contributed by atoms with Gasteiger partial charge in [-0.2, -0.15) is 0 Å². The van der Waals surface area contributed by atoms with Gasteiger partial charge < -0.3 is 25.2 Å². The molecule has 4 aromatic rings. The number of amides is 5. The van der Waals surface area contributed by atoms with Crippen LogP contribution in [0.2, 0.25) is 5.02 Å². The fourth-order valence-electron chi connectivity index (χ4n) is 9.31. The molecule has 5 saturated heterocycles. The summed E-state index contributed by atoms with van der Waals surface area (Å²) < 4.78 is 20.0. The minimum atomic E-state index is -0.978. The summed E-state index contributed by atoms with van der Waals surface area (Å²) in [7, 11) is 0. The number of ether oxygens (including phenoxy) is 1. The molecule has 0 aliphatic carbocycles. The van der Waals surface area contributed by atoms with Crippen LogP contribution in [0.3, 0.4) is 0 Å². The number of piperazine rings is 1. The molecule has 3 unspecified atom stereocenters. The van der Waals surface area contributed by atoms with Crippen LogP contribution in [-0.2, 0) is 14.4 Å². The number of nitrogens with zero attached hydrogens (tertiary/aromatic N) is 6. The SMILES string of the molecule is C=CC(=O)Nc1cc2c(Nc3ccc(F)c(Cl)c3)ncnc2cc1OCCCN1CCC(CN2C3CC2CN(c2ccc4c(c2)C(=O)N(C2CCC(=O)NC2=O)C4=O)C3)CC1. The topological polar surface area (TPSA) is 169 Å². The van der Waals surface area contributed by atoms with Gasteiger partial charge in [0.25, 0.3) is 11.8 Å². The van der Waals surface area contributed by atoms with Gasteiger partial charge in [0.2, 0.25) is 17.7 Å². The Balaban J connectivity index is 0.746. The largest absolute Gasteiger partial charge is 0.491 e. The number of halogens is 2. The Morgan fingerprint density at radius 3 is 2.52 bits per heavy atom. The van der Waals surface area contributed by atoms with E-state index < -0.39 is 35.5 Å². The van der Waals surface area contributed by atoms with Crippen LogP contribution in [0, 0.1) is 11.7 Å². The highest BCUT2D eigenvalue weighted by Gasteiger charge is 2.47. The van der Waals surface area contributed by atoms with Crippen molar-refractivity contribution < 1.29 is 33.1 Å². The molecule has 6 aliphatic heterocycles. The highest BCUT2D eigenvalue weighted by molar-refractivity contribution is 6.31. The molecule has 5 fully saturated rings. The Hall–Kier alpha value is -5.97. The van der Waals surface area contributed by atoms with Gasteiger partial charge in [-0.1, -0.05) is 18.2 Å². The third-order valence-electron chi connectivity index (χ3n) is 12.5. The summed E-state index contributed by atoms with van der Waals surface area (Å²) in [6, 6.07) is 13.1. The van der Waals surface area contributed by atoms with Gasteiger partial charge in [-0.15, -0.1) is 0 Å². The summed E-state index contributed by atoms with van der Waals surface area (Å²) in [6.07, 6.45) is 7.00. The number of benzene rings is 3. The normalized spacial score (nSPS) is 21.9. The van der Waals surface area contributed by atoms with Crippen LogP contribution in [0.15, 0.2) is 67.5 Å². The van der Waals surface area contributed by atoms with Gasteiger partial charge in [-0.3, -0.25) is 39.1 Å². The fourth-order valence-corrected chi connectivity index (χ4v) is 9.49. The lowest BCUT2D eigenvalue weighted by molar-refractivity contribution is -0.136. The number of imide groups is 2. The van der Waals surface area contributed by atoms with Crippen molar-refractivity contribution in [1.29, 1.82) is 0 Å². The molecule has 0 spiro atoms. The molecule has 10 rings (SSSR count). The molecule has 3 N–H and O–H groups in total. The maximum Gasteiger partial charge on any atom is 0.262 e. The number of fused-ring (bicyclic) bond motifs is 4. The van der Waals surface area contributed by atoms with Crippen LogP contribution in [0.5, 0.6) is 5.75 Å². The Bertz CT molecular complexity index is 2450. The summed E-state index contributed by atoms with van der Waals surface area (Å²) >= 11 is 5.98. The summed E-state index contributed by atoms with van der Waals surface area (Å²) in [4.78, 5) is 80.3. The predicted octanol–water partition coefficient (Wildman–Crippen LogP) is 5.14. The molecule has 7 heterocycles. The van der Waals surface area contributed by atoms with Crippen LogP contribution in [0.1, 0.15) is 59.2 Å². The van der Waals surface area contributed by atoms with Gasteiger partial charge in [0.15, 0.2) is 0 Å². The molecular weight excluding hydrogens is 805 g/mol. The molecule has 17 heteroatoms. The third kappa shape index (κ3) is 8.14. The molecule has 316 valence electrons. The Morgan fingerprint density at radius 2 is 1.77 bits per heavy atom. The molecule has 15 nitrogen and oxygen atoms in total. The van der Waals surface area contributed by atoms with Crippen LogP contribution < -0.4 is 25.6 Å². The molecule has 3 atom stereocenters. The van der Waals surface area contributed by atoms with E-state index in [0.717, 1.165) is 75.5 Å². The lowest BCUT2D eigenvalue weighted by Crippen LogP contribution is -2.69. The number of hydrogen-bond donors (Lipinski definition) is 3. The molecule has 61 heavy (non-hydrogen) atoms. The first kappa shape index (κ1) is 40.4. The monoisotopic (exact) mass is 849 g/mol. The van der Waals surface area contributed by atoms with Gasteiger partial charge >= 0.3 is 0 Å². The van der Waals surface area contributed by atoms with E-state index in [0.29, 0.717) is 69.6 Å². The molecule has 6 aliphatic rings. The fraction of sp³-hybridized carbons (Fsp3) is 0.386. The quantitative estimate of drug-likeness (QED) is 0.0923. The number of piperidine rings is 3. The van der Waals surface area contributed by atoms with Crippen LogP contribution in [0.25, 0.3) is 10.9 Å². The Morgan fingerprint density at radius 1 is 0.984 bits per heavy atom. The van der Waals surface area contributed by atoms with E-state index in [4.69, 9.17) is 16.3 Å². The Labute approximate surface area is 356 Å². The van der Waals surface area contributed by atoms with Crippen molar-refractivity contribution in [3.8, 4) is 5.75 Å². The number of nitrogens with one attached hydrogen (secondary N) is 3. The van der Waals surface area contributed by atoms with Gasteiger partial charge in [-0.05, 0) is 99.7 Å². The van der Waals surface area contributed by atoms with Crippen molar-refractivity contribution >= 4 is 74.9 Å². The maximum atomic E-state index is 13.7. The van der Waals surface area contributed by atoms with E-state index in [1.165, 1.54) is 24.5 Å². The van der Waals surface area contributed by atoms with Crippen LogP contribution in [0.4, 0.5) is 27.3 Å². The van der Waals surface area contributed by atoms with Gasteiger partial charge in [-0.25, -0.2) is 14.4 Å². The first-order valence-electron chi connectivity index (χ1n) is 20.7. The average Bonchev–Trinajstić information content (AvgIpc) is 3.51. The summed E-state index contributed by atoms with van der Waals surface area (Å²) in [5, 5.41) is 8.83. The van der Waals surface area contributed by atoms with Gasteiger partial charge in [0.1, 0.15) is 29.8 Å². The second kappa shape index (κ2) is 16.8. The van der Waals surface area contributed by atoms with Crippen molar-refractivity contribution in [1.82, 2.24) is 30.0 Å². The first-order chi connectivity index (χ1) is 29.5. The number of rotatable bonds is 13.